The molecule has 0 aliphatic carbocycles. The number of amides is 1. The van der Waals surface area contributed by atoms with Crippen LogP contribution < -0.4 is 0 Å². The normalized spacial score (nSPS) is 18.8. The van der Waals surface area contributed by atoms with E-state index in [9.17, 15) is 4.79 Å². The second-order valence-electron chi connectivity index (χ2n) is 6.86. The van der Waals surface area contributed by atoms with E-state index in [4.69, 9.17) is 4.74 Å². The minimum absolute atomic E-state index is 0.205. The van der Waals surface area contributed by atoms with Crippen molar-refractivity contribution >= 4 is 6.09 Å². The summed E-state index contributed by atoms with van der Waals surface area (Å²) in [5, 5.41) is 0. The van der Waals surface area contributed by atoms with Crippen LogP contribution in [0.4, 0.5) is 4.79 Å². The standard InChI is InChI=1S/C16H26N4O2/c1-16(2,3)22-15(21)20-9-5-6-14(20)12-19(4)11-13-10-17-7-8-18-13/h7-8,10,14H,5-6,9,11-12H2,1-4H3/t14-/m0/s1. The molecule has 1 aromatic rings. The van der Waals surface area contributed by atoms with Gasteiger partial charge in [-0.15, -0.1) is 0 Å². The summed E-state index contributed by atoms with van der Waals surface area (Å²) in [6.07, 6.45) is 6.99. The highest BCUT2D eigenvalue weighted by Crippen LogP contribution is 2.21. The molecule has 0 saturated carbocycles. The third-order valence-electron chi connectivity index (χ3n) is 3.58. The summed E-state index contributed by atoms with van der Waals surface area (Å²) < 4.78 is 5.50. The van der Waals surface area contributed by atoms with Crippen LogP contribution in [0.1, 0.15) is 39.3 Å². The van der Waals surface area contributed by atoms with E-state index < -0.39 is 5.60 Å². The average Bonchev–Trinajstić information content (AvgIpc) is 2.86. The topological polar surface area (TPSA) is 58.6 Å². The van der Waals surface area contributed by atoms with Gasteiger partial charge in [0, 0.05) is 44.3 Å². The van der Waals surface area contributed by atoms with Gasteiger partial charge in [0.15, 0.2) is 0 Å². The Hall–Kier alpha value is -1.69. The summed E-state index contributed by atoms with van der Waals surface area (Å²) >= 11 is 0. The van der Waals surface area contributed by atoms with Crippen LogP contribution in [0, 0.1) is 0 Å². The quantitative estimate of drug-likeness (QED) is 0.854. The molecule has 1 fully saturated rings. The summed E-state index contributed by atoms with van der Waals surface area (Å²) in [6, 6.07) is 0.205. The average molecular weight is 306 g/mol. The fourth-order valence-corrected chi connectivity index (χ4v) is 2.70. The van der Waals surface area contributed by atoms with Crippen molar-refractivity contribution in [1.82, 2.24) is 19.8 Å². The van der Waals surface area contributed by atoms with E-state index in [0.717, 1.165) is 38.2 Å². The molecular formula is C16H26N4O2. The molecule has 2 heterocycles. The Morgan fingerprint density at radius 2 is 2.23 bits per heavy atom. The molecule has 22 heavy (non-hydrogen) atoms. The lowest BCUT2D eigenvalue weighted by atomic mass is 10.2. The molecule has 0 aromatic carbocycles. The molecule has 0 radical (unpaired) electrons. The van der Waals surface area contributed by atoms with E-state index >= 15 is 0 Å². The fraction of sp³-hybridized carbons (Fsp3) is 0.688. The Morgan fingerprint density at radius 3 is 2.86 bits per heavy atom. The molecule has 1 amide bonds. The molecule has 2 rings (SSSR count). The summed E-state index contributed by atoms with van der Waals surface area (Å²) in [7, 11) is 2.04. The molecule has 0 N–H and O–H groups in total. The molecule has 122 valence electrons. The molecule has 1 aliphatic heterocycles. The number of hydrogen-bond acceptors (Lipinski definition) is 5. The monoisotopic (exact) mass is 306 g/mol. The maximum Gasteiger partial charge on any atom is 0.410 e. The third kappa shape index (κ3) is 4.94. The Balaban J connectivity index is 1.89. The molecule has 0 unspecified atom stereocenters. The lowest BCUT2D eigenvalue weighted by Gasteiger charge is -2.30. The first kappa shape index (κ1) is 16.7. The van der Waals surface area contributed by atoms with E-state index in [1.807, 2.05) is 32.7 Å². The van der Waals surface area contributed by atoms with Crippen molar-refractivity contribution in [2.24, 2.45) is 0 Å². The van der Waals surface area contributed by atoms with Crippen LogP contribution in [0.2, 0.25) is 0 Å². The van der Waals surface area contributed by atoms with Crippen LogP contribution in [0.25, 0.3) is 0 Å². The zero-order chi connectivity index (χ0) is 16.2. The molecule has 0 spiro atoms. The van der Waals surface area contributed by atoms with Gasteiger partial charge in [-0.25, -0.2) is 4.79 Å². The van der Waals surface area contributed by atoms with E-state index in [1.165, 1.54) is 0 Å². The Bertz CT molecular complexity index is 487. The lowest BCUT2D eigenvalue weighted by Crippen LogP contribution is -2.44. The van der Waals surface area contributed by atoms with Crippen LogP contribution in [0.15, 0.2) is 18.6 Å². The van der Waals surface area contributed by atoms with E-state index in [1.54, 1.807) is 18.6 Å². The number of ether oxygens (including phenoxy) is 1. The van der Waals surface area contributed by atoms with Crippen molar-refractivity contribution in [3.8, 4) is 0 Å². The number of likely N-dealkylation sites (N-methyl/N-ethyl adjacent to an activating group) is 1. The molecule has 6 nitrogen and oxygen atoms in total. The zero-order valence-corrected chi connectivity index (χ0v) is 14.0. The Kier molecular flexibility index (Phi) is 5.34. The maximum absolute atomic E-state index is 12.3. The predicted molar refractivity (Wildman–Crippen MR) is 84.3 cm³/mol. The second-order valence-corrected chi connectivity index (χ2v) is 6.86. The van der Waals surface area contributed by atoms with Gasteiger partial charge in [-0.3, -0.25) is 14.9 Å². The van der Waals surface area contributed by atoms with Crippen molar-refractivity contribution in [3.05, 3.63) is 24.3 Å². The number of aromatic nitrogens is 2. The van der Waals surface area contributed by atoms with Gasteiger partial charge in [-0.1, -0.05) is 0 Å². The summed E-state index contributed by atoms with van der Waals surface area (Å²) in [4.78, 5) is 24.7. The van der Waals surface area contributed by atoms with Crippen LogP contribution >= 0.6 is 0 Å². The van der Waals surface area contributed by atoms with Crippen LogP contribution in [0.5, 0.6) is 0 Å². The van der Waals surface area contributed by atoms with Crippen LogP contribution in [-0.4, -0.2) is 57.6 Å². The van der Waals surface area contributed by atoms with Crippen molar-refractivity contribution in [3.63, 3.8) is 0 Å². The van der Waals surface area contributed by atoms with Crippen molar-refractivity contribution in [2.75, 3.05) is 20.1 Å². The Labute approximate surface area is 132 Å². The minimum atomic E-state index is -0.449. The molecule has 6 heteroatoms. The number of carbonyl (C=O) groups is 1. The molecule has 1 saturated heterocycles. The first-order chi connectivity index (χ1) is 10.3. The van der Waals surface area contributed by atoms with Gasteiger partial charge >= 0.3 is 6.09 Å². The van der Waals surface area contributed by atoms with Gasteiger partial charge in [-0.05, 0) is 40.7 Å². The summed E-state index contributed by atoms with van der Waals surface area (Å²) in [5.74, 6) is 0. The number of carbonyl (C=O) groups excluding carboxylic acids is 1. The van der Waals surface area contributed by atoms with Gasteiger partial charge in [-0.2, -0.15) is 0 Å². The smallest absolute Gasteiger partial charge is 0.410 e. The maximum atomic E-state index is 12.3. The van der Waals surface area contributed by atoms with Gasteiger partial charge in [0.25, 0.3) is 0 Å². The fourth-order valence-electron chi connectivity index (χ4n) is 2.70. The van der Waals surface area contributed by atoms with E-state index in [0.29, 0.717) is 0 Å². The van der Waals surface area contributed by atoms with E-state index in [-0.39, 0.29) is 12.1 Å². The summed E-state index contributed by atoms with van der Waals surface area (Å²) in [6.45, 7) is 8.02. The van der Waals surface area contributed by atoms with Crippen molar-refractivity contribution in [2.45, 2.75) is 51.8 Å². The first-order valence-electron chi connectivity index (χ1n) is 7.78. The highest BCUT2D eigenvalue weighted by molar-refractivity contribution is 5.69. The third-order valence-corrected chi connectivity index (χ3v) is 3.58. The highest BCUT2D eigenvalue weighted by atomic mass is 16.6. The number of hydrogen-bond donors (Lipinski definition) is 0. The van der Waals surface area contributed by atoms with E-state index in [2.05, 4.69) is 14.9 Å². The zero-order valence-electron chi connectivity index (χ0n) is 14.0. The highest BCUT2D eigenvalue weighted by Gasteiger charge is 2.32. The SMILES string of the molecule is CN(Cc1cnccn1)C[C@@H]1CCCN1C(=O)OC(C)(C)C. The second kappa shape index (κ2) is 7.05. The number of nitrogens with zero attached hydrogens (tertiary/aromatic N) is 4. The van der Waals surface area contributed by atoms with Gasteiger partial charge in [0.1, 0.15) is 5.60 Å². The Morgan fingerprint density at radius 1 is 1.45 bits per heavy atom. The number of rotatable bonds is 4. The predicted octanol–water partition coefficient (Wildman–Crippen LogP) is 2.31. The van der Waals surface area contributed by atoms with Crippen molar-refractivity contribution in [1.29, 1.82) is 0 Å². The molecular weight excluding hydrogens is 280 g/mol. The van der Waals surface area contributed by atoms with Crippen LogP contribution in [0.3, 0.4) is 0 Å². The largest absolute Gasteiger partial charge is 0.444 e. The first-order valence-corrected chi connectivity index (χ1v) is 7.78. The molecule has 0 bridgehead atoms. The van der Waals surface area contributed by atoms with Crippen LogP contribution in [-0.2, 0) is 11.3 Å². The molecule has 1 atom stereocenters. The molecule has 1 aromatic heterocycles. The van der Waals surface area contributed by atoms with Gasteiger partial charge in [0.05, 0.1) is 5.69 Å². The molecule has 1 aliphatic rings. The lowest BCUT2D eigenvalue weighted by molar-refractivity contribution is 0.0201. The van der Waals surface area contributed by atoms with Crippen molar-refractivity contribution < 1.29 is 9.53 Å². The minimum Gasteiger partial charge on any atom is -0.444 e. The van der Waals surface area contributed by atoms with Gasteiger partial charge in [0.2, 0.25) is 0 Å². The van der Waals surface area contributed by atoms with Gasteiger partial charge < -0.3 is 9.64 Å². The number of likely N-dealkylation sites (tertiary alicyclic amines) is 1. The summed E-state index contributed by atoms with van der Waals surface area (Å²) in [5.41, 5.74) is 0.488.